The second-order valence-electron chi connectivity index (χ2n) is 9.64. The lowest BCUT2D eigenvalue weighted by Crippen LogP contribution is -2.44. The standard InChI is InChI=1S/C26H33N9OS/c1-5-7-20-16-19-17-28-26(30-22-11-10-21(18-27-22)34-14-12-33(2)13-15-34)31-25(19)35(20)24-9-6-8-23(29-24)32-37(3,4)36/h6,8-11,16-18H,5,7,12-15H2,1-4H3,(H,27,28,30,31). The van der Waals surface area contributed by atoms with Gasteiger partial charge in [-0.1, -0.05) is 19.4 Å². The number of anilines is 3. The van der Waals surface area contributed by atoms with Gasteiger partial charge >= 0.3 is 0 Å². The van der Waals surface area contributed by atoms with E-state index in [1.165, 1.54) is 0 Å². The lowest BCUT2D eigenvalue weighted by molar-refractivity contribution is 0.313. The number of hydrogen-bond donors (Lipinski definition) is 1. The zero-order chi connectivity index (χ0) is 26.0. The predicted molar refractivity (Wildman–Crippen MR) is 150 cm³/mol. The molecule has 0 aromatic carbocycles. The summed E-state index contributed by atoms with van der Waals surface area (Å²) in [5.74, 6) is 2.26. The first kappa shape index (κ1) is 25.1. The van der Waals surface area contributed by atoms with Crippen molar-refractivity contribution in [3.63, 3.8) is 0 Å². The van der Waals surface area contributed by atoms with Crippen molar-refractivity contribution in [3.05, 3.63) is 54.5 Å². The Labute approximate surface area is 218 Å². The quantitative estimate of drug-likeness (QED) is 0.390. The largest absolute Gasteiger partial charge is 0.368 e. The SMILES string of the molecule is CCCc1cc2cnc(Nc3ccc(N4CCN(C)CC4)cn3)nc2n1-c1cccc(N=S(C)(C)=O)n1. The number of hydrogen-bond acceptors (Lipinski definition) is 9. The molecule has 0 bridgehead atoms. The van der Waals surface area contributed by atoms with Crippen molar-refractivity contribution in [1.82, 2.24) is 29.4 Å². The average Bonchev–Trinajstić information content (AvgIpc) is 3.22. The molecule has 10 nitrogen and oxygen atoms in total. The van der Waals surface area contributed by atoms with Gasteiger partial charge in [0.25, 0.3) is 0 Å². The average molecular weight is 520 g/mol. The molecule has 0 aliphatic carbocycles. The smallest absolute Gasteiger partial charge is 0.230 e. The van der Waals surface area contributed by atoms with Gasteiger partial charge in [0.15, 0.2) is 11.5 Å². The van der Waals surface area contributed by atoms with Crippen molar-refractivity contribution in [3.8, 4) is 5.82 Å². The van der Waals surface area contributed by atoms with Gasteiger partial charge in [0.2, 0.25) is 5.95 Å². The van der Waals surface area contributed by atoms with E-state index in [1.54, 1.807) is 18.6 Å². The van der Waals surface area contributed by atoms with E-state index in [0.717, 1.165) is 61.4 Å². The molecule has 0 atom stereocenters. The Balaban J connectivity index is 1.46. The fourth-order valence-corrected chi connectivity index (χ4v) is 4.99. The summed E-state index contributed by atoms with van der Waals surface area (Å²) in [5, 5.41) is 4.17. The van der Waals surface area contributed by atoms with Crippen LogP contribution in [0.15, 0.2) is 53.2 Å². The van der Waals surface area contributed by atoms with Crippen LogP contribution in [0.2, 0.25) is 0 Å². The van der Waals surface area contributed by atoms with E-state index < -0.39 is 9.73 Å². The van der Waals surface area contributed by atoms with Crippen LogP contribution in [0, 0.1) is 0 Å². The maximum Gasteiger partial charge on any atom is 0.230 e. The molecule has 1 saturated heterocycles. The summed E-state index contributed by atoms with van der Waals surface area (Å²) >= 11 is 0. The summed E-state index contributed by atoms with van der Waals surface area (Å²) in [6, 6.07) is 11.7. The first-order chi connectivity index (χ1) is 17.8. The van der Waals surface area contributed by atoms with Crippen molar-refractivity contribution < 1.29 is 4.21 Å². The van der Waals surface area contributed by atoms with E-state index in [2.05, 4.69) is 60.5 Å². The van der Waals surface area contributed by atoms with Gasteiger partial charge in [-0.05, 0) is 43.8 Å². The summed E-state index contributed by atoms with van der Waals surface area (Å²) < 4.78 is 18.5. The summed E-state index contributed by atoms with van der Waals surface area (Å²) in [4.78, 5) is 23.3. The number of fused-ring (bicyclic) bond motifs is 1. The number of aromatic nitrogens is 5. The van der Waals surface area contributed by atoms with Crippen LogP contribution >= 0.6 is 0 Å². The lowest BCUT2D eigenvalue weighted by Gasteiger charge is -2.33. The highest BCUT2D eigenvalue weighted by atomic mass is 32.2. The van der Waals surface area contributed by atoms with Crippen molar-refractivity contribution >= 4 is 44.0 Å². The number of nitrogens with one attached hydrogen (secondary N) is 1. The monoisotopic (exact) mass is 519 g/mol. The van der Waals surface area contributed by atoms with Crippen LogP contribution in [-0.2, 0) is 16.1 Å². The van der Waals surface area contributed by atoms with Gasteiger partial charge in [0, 0.05) is 65.7 Å². The van der Waals surface area contributed by atoms with Crippen LogP contribution in [-0.4, -0.2) is 79.4 Å². The summed E-state index contributed by atoms with van der Waals surface area (Å²) in [5.41, 5.74) is 2.94. The van der Waals surface area contributed by atoms with E-state index >= 15 is 0 Å². The van der Waals surface area contributed by atoms with Crippen molar-refractivity contribution in [2.45, 2.75) is 19.8 Å². The maximum atomic E-state index is 12.2. The molecule has 1 fully saturated rings. The van der Waals surface area contributed by atoms with Crippen molar-refractivity contribution in [1.29, 1.82) is 0 Å². The van der Waals surface area contributed by atoms with Crippen LogP contribution in [0.1, 0.15) is 19.0 Å². The molecule has 0 amide bonds. The van der Waals surface area contributed by atoms with Crippen molar-refractivity contribution in [2.24, 2.45) is 4.36 Å². The molecule has 1 aliphatic heterocycles. The molecule has 0 unspecified atom stereocenters. The van der Waals surface area contributed by atoms with Gasteiger partial charge in [0.1, 0.15) is 11.6 Å². The number of nitrogens with zero attached hydrogens (tertiary/aromatic N) is 8. The number of pyridine rings is 2. The summed E-state index contributed by atoms with van der Waals surface area (Å²) in [6.07, 6.45) is 8.75. The first-order valence-corrected chi connectivity index (χ1v) is 14.8. The third kappa shape index (κ3) is 5.89. The van der Waals surface area contributed by atoms with E-state index in [0.29, 0.717) is 23.4 Å². The van der Waals surface area contributed by atoms with Gasteiger partial charge in [-0.15, -0.1) is 0 Å². The topological polar surface area (TPSA) is 104 Å². The molecular formula is C26H33N9OS. The Morgan fingerprint density at radius 2 is 1.84 bits per heavy atom. The highest BCUT2D eigenvalue weighted by molar-refractivity contribution is 7.92. The third-order valence-electron chi connectivity index (χ3n) is 6.24. The van der Waals surface area contributed by atoms with Crippen LogP contribution in [0.25, 0.3) is 16.9 Å². The molecule has 5 rings (SSSR count). The number of aryl methyl sites for hydroxylation is 1. The van der Waals surface area contributed by atoms with E-state index in [-0.39, 0.29) is 0 Å². The molecule has 0 saturated carbocycles. The van der Waals surface area contributed by atoms with Crippen LogP contribution < -0.4 is 10.2 Å². The number of likely N-dealkylation sites (N-methyl/N-ethyl adjacent to an activating group) is 1. The van der Waals surface area contributed by atoms with Crippen LogP contribution in [0.4, 0.5) is 23.3 Å². The Hall–Kier alpha value is -3.57. The highest BCUT2D eigenvalue weighted by Gasteiger charge is 2.16. The zero-order valence-electron chi connectivity index (χ0n) is 21.8. The molecule has 1 aliphatic rings. The Morgan fingerprint density at radius 1 is 1.03 bits per heavy atom. The Kier molecular flexibility index (Phi) is 7.07. The molecule has 0 radical (unpaired) electrons. The molecule has 0 spiro atoms. The summed E-state index contributed by atoms with van der Waals surface area (Å²) in [7, 11) is -0.174. The second kappa shape index (κ2) is 10.4. The fraction of sp³-hybridized carbons (Fsp3) is 0.385. The third-order valence-corrected chi connectivity index (χ3v) is 6.87. The second-order valence-corrected chi connectivity index (χ2v) is 12.2. The molecular weight excluding hydrogens is 486 g/mol. The van der Waals surface area contributed by atoms with Gasteiger partial charge in [0.05, 0.1) is 11.9 Å². The number of rotatable bonds is 7. The van der Waals surface area contributed by atoms with Crippen LogP contribution in [0.3, 0.4) is 0 Å². The maximum absolute atomic E-state index is 12.2. The molecule has 11 heteroatoms. The number of piperazine rings is 1. The molecule has 5 heterocycles. The van der Waals surface area contributed by atoms with Gasteiger partial charge in [-0.2, -0.15) is 9.35 Å². The molecule has 4 aromatic rings. The van der Waals surface area contributed by atoms with E-state index in [9.17, 15) is 4.21 Å². The van der Waals surface area contributed by atoms with Gasteiger partial charge < -0.3 is 15.1 Å². The molecule has 1 N–H and O–H groups in total. The van der Waals surface area contributed by atoms with Crippen molar-refractivity contribution in [2.75, 3.05) is 56.0 Å². The molecule has 4 aromatic heterocycles. The minimum absolute atomic E-state index is 0.439. The Morgan fingerprint density at radius 3 is 2.54 bits per heavy atom. The highest BCUT2D eigenvalue weighted by Crippen LogP contribution is 2.26. The summed E-state index contributed by atoms with van der Waals surface area (Å²) in [6.45, 7) is 6.24. The van der Waals surface area contributed by atoms with E-state index in [4.69, 9.17) is 4.98 Å². The fourth-order valence-electron chi connectivity index (χ4n) is 4.44. The van der Waals surface area contributed by atoms with E-state index in [1.807, 2.05) is 35.2 Å². The minimum Gasteiger partial charge on any atom is -0.368 e. The minimum atomic E-state index is -2.32. The molecule has 37 heavy (non-hydrogen) atoms. The van der Waals surface area contributed by atoms with Gasteiger partial charge in [-0.3, -0.25) is 4.57 Å². The lowest BCUT2D eigenvalue weighted by atomic mass is 10.2. The van der Waals surface area contributed by atoms with Gasteiger partial charge in [-0.25, -0.2) is 19.2 Å². The Bertz CT molecular complexity index is 1510. The molecule has 194 valence electrons. The van der Waals surface area contributed by atoms with Crippen LogP contribution in [0.5, 0.6) is 0 Å². The first-order valence-electron chi connectivity index (χ1n) is 12.5. The predicted octanol–water partition coefficient (Wildman–Crippen LogP) is 4.02. The zero-order valence-corrected chi connectivity index (χ0v) is 22.6. The normalized spacial score (nSPS) is 14.8.